The van der Waals surface area contributed by atoms with E-state index in [-0.39, 0.29) is 37.7 Å². The van der Waals surface area contributed by atoms with Crippen LogP contribution in [0.5, 0.6) is 0 Å². The molecular formula is C11H18IN3O3. The Balaban J connectivity index is 2.81. The average Bonchev–Trinajstić information content (AvgIpc) is 2.43. The molecule has 0 radical (unpaired) electrons. The van der Waals surface area contributed by atoms with Crippen molar-refractivity contribution >= 4 is 40.3 Å². The number of hydrogen-bond donors (Lipinski definition) is 0. The minimum absolute atomic E-state index is 0.0464. The fourth-order valence-corrected chi connectivity index (χ4v) is 2.24. The van der Waals surface area contributed by atoms with E-state index in [2.05, 4.69) is 0 Å². The van der Waals surface area contributed by atoms with E-state index >= 15 is 0 Å². The number of carbonyl (C=O) groups excluding carboxylic acids is 3. The van der Waals surface area contributed by atoms with E-state index in [1.165, 1.54) is 4.90 Å². The fraction of sp³-hybridized carbons (Fsp3) is 0.727. The Morgan fingerprint density at radius 2 is 1.17 bits per heavy atom. The Hall–Kier alpha value is -0.860. The Morgan fingerprint density at radius 3 is 1.44 bits per heavy atom. The molecule has 102 valence electrons. The van der Waals surface area contributed by atoms with E-state index in [9.17, 15) is 14.4 Å². The molecule has 1 fully saturated rings. The van der Waals surface area contributed by atoms with Gasteiger partial charge in [0.05, 0.1) is 24.4 Å². The zero-order valence-electron chi connectivity index (χ0n) is 10.7. The maximum atomic E-state index is 11.7. The van der Waals surface area contributed by atoms with Crippen molar-refractivity contribution < 1.29 is 14.4 Å². The monoisotopic (exact) mass is 367 g/mol. The molecule has 18 heavy (non-hydrogen) atoms. The smallest absolute Gasteiger partial charge is 0.235 e. The molecule has 1 heterocycles. The summed E-state index contributed by atoms with van der Waals surface area (Å²) in [6.07, 6.45) is 0.751. The highest BCUT2D eigenvalue weighted by atomic mass is 127. The van der Waals surface area contributed by atoms with Crippen molar-refractivity contribution in [3.05, 3.63) is 0 Å². The standard InChI is InChI=1S/C11H18IN3O3/c1-3-9(16)13-6-14(10(17)4-2)8-15(7-13)11(18)5-12/h3-8H2,1-2H3. The van der Waals surface area contributed by atoms with Gasteiger partial charge in [0.15, 0.2) is 0 Å². The van der Waals surface area contributed by atoms with Crippen molar-refractivity contribution in [2.75, 3.05) is 24.4 Å². The van der Waals surface area contributed by atoms with Crippen LogP contribution in [-0.2, 0) is 14.4 Å². The van der Waals surface area contributed by atoms with Crippen LogP contribution in [0, 0.1) is 0 Å². The van der Waals surface area contributed by atoms with E-state index in [4.69, 9.17) is 0 Å². The molecule has 1 rings (SSSR count). The van der Waals surface area contributed by atoms with E-state index in [1.54, 1.807) is 23.6 Å². The van der Waals surface area contributed by atoms with Gasteiger partial charge in [0, 0.05) is 12.8 Å². The fourth-order valence-electron chi connectivity index (χ4n) is 1.76. The van der Waals surface area contributed by atoms with Gasteiger partial charge in [0.1, 0.15) is 0 Å². The van der Waals surface area contributed by atoms with E-state index < -0.39 is 0 Å². The van der Waals surface area contributed by atoms with Crippen LogP contribution < -0.4 is 0 Å². The molecule has 0 bridgehead atoms. The number of amides is 3. The van der Waals surface area contributed by atoms with E-state index in [0.29, 0.717) is 17.3 Å². The lowest BCUT2D eigenvalue weighted by atomic mass is 10.3. The van der Waals surface area contributed by atoms with Gasteiger partial charge >= 0.3 is 0 Å². The normalized spacial score (nSPS) is 15.8. The summed E-state index contributed by atoms with van der Waals surface area (Å²) in [5.74, 6) is -0.150. The highest BCUT2D eigenvalue weighted by molar-refractivity contribution is 14.1. The Bertz CT molecular complexity index is 290. The third kappa shape index (κ3) is 3.56. The molecule has 0 N–H and O–H groups in total. The predicted octanol–water partition coefficient (Wildman–Crippen LogP) is 0.613. The second kappa shape index (κ2) is 6.91. The van der Waals surface area contributed by atoms with Crippen LogP contribution in [0.25, 0.3) is 0 Å². The number of hydrogen-bond acceptors (Lipinski definition) is 3. The average molecular weight is 367 g/mol. The number of alkyl halides is 1. The largest absolute Gasteiger partial charge is 0.307 e. The highest BCUT2D eigenvalue weighted by Crippen LogP contribution is 2.11. The summed E-state index contributed by atoms with van der Waals surface area (Å²) in [6.45, 7) is 4.38. The second-order valence-electron chi connectivity index (χ2n) is 4.07. The molecule has 0 aromatic heterocycles. The zero-order chi connectivity index (χ0) is 13.7. The molecule has 0 saturated carbocycles. The van der Waals surface area contributed by atoms with Gasteiger partial charge < -0.3 is 14.7 Å². The molecule has 7 heteroatoms. The SMILES string of the molecule is CCC(=O)N1CN(C(=O)CC)CN(C(=O)CI)C1. The molecule has 0 aliphatic carbocycles. The molecular weight excluding hydrogens is 349 g/mol. The molecule has 0 aromatic carbocycles. The Labute approximate surface area is 120 Å². The van der Waals surface area contributed by atoms with Gasteiger partial charge in [-0.2, -0.15) is 0 Å². The van der Waals surface area contributed by atoms with Crippen LogP contribution in [0.3, 0.4) is 0 Å². The first-order valence-electron chi connectivity index (χ1n) is 5.92. The number of nitrogens with zero attached hydrogens (tertiary/aromatic N) is 3. The first-order chi connectivity index (χ1) is 8.53. The number of carbonyl (C=O) groups is 3. The molecule has 1 saturated heterocycles. The third-order valence-electron chi connectivity index (χ3n) is 2.80. The molecule has 1 aliphatic rings. The van der Waals surface area contributed by atoms with Crippen LogP contribution in [0.2, 0.25) is 0 Å². The first kappa shape index (κ1) is 15.2. The number of rotatable bonds is 3. The lowest BCUT2D eigenvalue weighted by Gasteiger charge is -2.42. The van der Waals surface area contributed by atoms with Gasteiger partial charge in [-0.05, 0) is 0 Å². The minimum atomic E-state index is -0.0573. The van der Waals surface area contributed by atoms with Gasteiger partial charge in [0.2, 0.25) is 17.7 Å². The van der Waals surface area contributed by atoms with Crippen molar-refractivity contribution in [1.29, 1.82) is 0 Å². The molecule has 3 amide bonds. The van der Waals surface area contributed by atoms with Crippen molar-refractivity contribution in [3.8, 4) is 0 Å². The quantitative estimate of drug-likeness (QED) is 0.543. The van der Waals surface area contributed by atoms with E-state index in [1.807, 2.05) is 22.6 Å². The van der Waals surface area contributed by atoms with Gasteiger partial charge in [-0.25, -0.2) is 0 Å². The van der Waals surface area contributed by atoms with Crippen LogP contribution in [0.15, 0.2) is 0 Å². The van der Waals surface area contributed by atoms with Crippen LogP contribution in [0.4, 0.5) is 0 Å². The van der Waals surface area contributed by atoms with Gasteiger partial charge in [0.25, 0.3) is 0 Å². The van der Waals surface area contributed by atoms with Crippen molar-refractivity contribution in [2.45, 2.75) is 26.7 Å². The molecule has 0 unspecified atom stereocenters. The molecule has 6 nitrogen and oxygen atoms in total. The number of halogens is 1. The lowest BCUT2D eigenvalue weighted by Crippen LogP contribution is -2.59. The van der Waals surface area contributed by atoms with Gasteiger partial charge in [-0.15, -0.1) is 0 Å². The first-order valence-corrected chi connectivity index (χ1v) is 7.45. The van der Waals surface area contributed by atoms with E-state index in [0.717, 1.165) is 0 Å². The van der Waals surface area contributed by atoms with Crippen LogP contribution in [-0.4, -0.2) is 56.9 Å². The van der Waals surface area contributed by atoms with Gasteiger partial charge in [-0.1, -0.05) is 36.4 Å². The van der Waals surface area contributed by atoms with Crippen molar-refractivity contribution in [2.24, 2.45) is 0 Å². The summed E-state index contributed by atoms with van der Waals surface area (Å²) in [6, 6.07) is 0. The highest BCUT2D eigenvalue weighted by Gasteiger charge is 2.30. The Kier molecular flexibility index (Phi) is 5.83. The summed E-state index contributed by atoms with van der Waals surface area (Å²) in [7, 11) is 0. The minimum Gasteiger partial charge on any atom is -0.307 e. The maximum Gasteiger partial charge on any atom is 0.235 e. The summed E-state index contributed by atoms with van der Waals surface area (Å²) >= 11 is 1.99. The molecule has 0 spiro atoms. The third-order valence-corrected chi connectivity index (χ3v) is 3.45. The second-order valence-corrected chi connectivity index (χ2v) is 4.83. The summed E-state index contributed by atoms with van der Waals surface area (Å²) < 4.78 is 0.347. The molecule has 1 aliphatic heterocycles. The molecule has 0 aromatic rings. The van der Waals surface area contributed by atoms with Gasteiger partial charge in [-0.3, -0.25) is 14.4 Å². The van der Waals surface area contributed by atoms with Crippen LogP contribution in [0.1, 0.15) is 26.7 Å². The summed E-state index contributed by atoms with van der Waals surface area (Å²) in [5.41, 5.74) is 0. The zero-order valence-corrected chi connectivity index (χ0v) is 12.8. The van der Waals surface area contributed by atoms with Crippen LogP contribution >= 0.6 is 22.6 Å². The topological polar surface area (TPSA) is 60.9 Å². The maximum absolute atomic E-state index is 11.7. The predicted molar refractivity (Wildman–Crippen MR) is 74.6 cm³/mol. The molecule has 0 atom stereocenters. The van der Waals surface area contributed by atoms with Crippen molar-refractivity contribution in [3.63, 3.8) is 0 Å². The summed E-state index contributed by atoms with van der Waals surface area (Å²) in [4.78, 5) is 39.8. The van der Waals surface area contributed by atoms with Crippen molar-refractivity contribution in [1.82, 2.24) is 14.7 Å². The summed E-state index contributed by atoms with van der Waals surface area (Å²) in [5, 5.41) is 0. The lowest BCUT2D eigenvalue weighted by molar-refractivity contribution is -0.157. The Morgan fingerprint density at radius 1 is 0.833 bits per heavy atom.